The van der Waals surface area contributed by atoms with E-state index in [2.05, 4.69) is 19.1 Å². The molecule has 0 aliphatic heterocycles. The molecule has 1 unspecified atom stereocenters. The third-order valence-electron chi connectivity index (χ3n) is 4.53. The van der Waals surface area contributed by atoms with Gasteiger partial charge in [0, 0.05) is 6.42 Å². The van der Waals surface area contributed by atoms with Crippen molar-refractivity contribution >= 4 is 18.2 Å². The minimum Gasteiger partial charge on any atom is -0.542 e. The fourth-order valence-corrected chi connectivity index (χ4v) is 2.67. The molecule has 0 heterocycles. The normalized spacial score (nSPS) is 11.3. The van der Waals surface area contributed by atoms with Crippen molar-refractivity contribution in [2.24, 2.45) is 5.73 Å². The van der Waals surface area contributed by atoms with Crippen molar-refractivity contribution in [3.63, 3.8) is 0 Å². The second-order valence-corrected chi connectivity index (χ2v) is 7.36. The molecular formula is C23H42KNO5. The Kier molecular flexibility index (Phi) is 33.3. The van der Waals surface area contributed by atoms with Gasteiger partial charge in [0.25, 0.3) is 0 Å². The van der Waals surface area contributed by atoms with Crippen LogP contribution in [0.25, 0.3) is 0 Å². The fraction of sp³-hybridized carbons (Fsp3) is 0.783. The molecule has 0 spiro atoms. The van der Waals surface area contributed by atoms with Crippen LogP contribution in [0.15, 0.2) is 12.2 Å². The van der Waals surface area contributed by atoms with Gasteiger partial charge in [0.05, 0.1) is 0 Å². The summed E-state index contributed by atoms with van der Waals surface area (Å²) >= 11 is 0. The van der Waals surface area contributed by atoms with Crippen LogP contribution in [-0.4, -0.2) is 34.5 Å². The number of carboxylic acids is 2. The Labute approximate surface area is 225 Å². The van der Waals surface area contributed by atoms with Crippen LogP contribution in [0.1, 0.15) is 110 Å². The molecule has 170 valence electrons. The van der Waals surface area contributed by atoms with Crippen LogP contribution in [0.2, 0.25) is 0 Å². The van der Waals surface area contributed by atoms with E-state index in [1.165, 1.54) is 77.0 Å². The zero-order valence-corrected chi connectivity index (χ0v) is 22.4. The van der Waals surface area contributed by atoms with Crippen molar-refractivity contribution in [3.8, 4) is 0 Å². The van der Waals surface area contributed by atoms with E-state index in [0.717, 1.165) is 6.42 Å². The molecule has 0 saturated heterocycles. The number of allylic oxidation sites excluding steroid dienone is 2. The Morgan fingerprint density at radius 1 is 0.867 bits per heavy atom. The molecule has 0 aromatic carbocycles. The first-order valence-corrected chi connectivity index (χ1v) is 11.2. The summed E-state index contributed by atoms with van der Waals surface area (Å²) in [6.45, 7) is 2.27. The maximum atomic E-state index is 10.0. The molecule has 7 heteroatoms. The number of unbranched alkanes of at least 4 members (excludes halogenated alkanes) is 12. The van der Waals surface area contributed by atoms with Crippen LogP contribution in [0.5, 0.6) is 0 Å². The van der Waals surface area contributed by atoms with Crippen LogP contribution in [-0.2, 0) is 14.4 Å². The molecule has 1 atom stereocenters. The predicted molar refractivity (Wildman–Crippen MR) is 118 cm³/mol. The molecule has 0 aliphatic rings. The molecule has 0 aromatic heterocycles. The third kappa shape index (κ3) is 32.6. The van der Waals surface area contributed by atoms with E-state index in [1.54, 1.807) is 0 Å². The number of carbonyl (C=O) groups excluding carboxylic acids is 1. The summed E-state index contributed by atoms with van der Waals surface area (Å²) in [7, 11) is 0. The molecule has 0 aliphatic carbocycles. The monoisotopic (exact) mass is 451 g/mol. The number of nitrogens with two attached hydrogens (primary N) is 1. The maximum Gasteiger partial charge on any atom is 1.00 e. The van der Waals surface area contributed by atoms with E-state index in [4.69, 9.17) is 15.9 Å². The van der Waals surface area contributed by atoms with Crippen molar-refractivity contribution < 1.29 is 76.0 Å². The van der Waals surface area contributed by atoms with Crippen molar-refractivity contribution in [3.05, 3.63) is 12.2 Å². The SMILES string of the molecule is CCCCCCCC/C=C\CCCCCCC[C-]=O.NC(CCC(=O)O)C(=O)O.[K+]. The first-order valence-electron chi connectivity index (χ1n) is 11.2. The standard InChI is InChI=1S/C18H33O.C5H9NO4.K/c1-2-3-4-5-6-7-8-9-10-11-12-13-14-15-16-17-18-19;6-3(5(9)10)1-2-4(7)8;/h9-10H,2-8,11-17H2,1H3;3H,1-2,6H2,(H,7,8)(H,9,10);/q-1;;+1/b10-9-;;. The summed E-state index contributed by atoms with van der Waals surface area (Å²) in [5, 5.41) is 16.3. The van der Waals surface area contributed by atoms with E-state index in [9.17, 15) is 14.4 Å². The van der Waals surface area contributed by atoms with Gasteiger partial charge in [-0.2, -0.15) is 6.42 Å². The molecule has 0 rings (SSSR count). The quantitative estimate of drug-likeness (QED) is 0.120. The van der Waals surface area contributed by atoms with Gasteiger partial charge in [0.2, 0.25) is 0 Å². The van der Waals surface area contributed by atoms with Crippen LogP contribution >= 0.6 is 0 Å². The third-order valence-corrected chi connectivity index (χ3v) is 4.53. The largest absolute Gasteiger partial charge is 1.00 e. The van der Waals surface area contributed by atoms with Crippen LogP contribution in [0.3, 0.4) is 0 Å². The zero-order chi connectivity index (χ0) is 22.2. The summed E-state index contributed by atoms with van der Waals surface area (Å²) in [6, 6.07) is -1.06. The molecule has 0 radical (unpaired) electrons. The van der Waals surface area contributed by atoms with Crippen molar-refractivity contribution in [1.82, 2.24) is 0 Å². The molecule has 0 saturated carbocycles. The van der Waals surface area contributed by atoms with Gasteiger partial charge in [0.1, 0.15) is 6.04 Å². The van der Waals surface area contributed by atoms with E-state index >= 15 is 0 Å². The Morgan fingerprint density at radius 3 is 1.77 bits per heavy atom. The molecule has 0 fully saturated rings. The van der Waals surface area contributed by atoms with Gasteiger partial charge >= 0.3 is 63.3 Å². The Morgan fingerprint density at radius 2 is 1.33 bits per heavy atom. The number of carbonyl (C=O) groups is 2. The minimum absolute atomic E-state index is 0. The average Bonchev–Trinajstić information content (AvgIpc) is 2.69. The van der Waals surface area contributed by atoms with Crippen molar-refractivity contribution in [2.75, 3.05) is 0 Å². The number of rotatable bonds is 19. The van der Waals surface area contributed by atoms with Crippen molar-refractivity contribution in [2.45, 2.75) is 116 Å². The molecule has 0 bridgehead atoms. The van der Waals surface area contributed by atoms with Gasteiger partial charge in [0.15, 0.2) is 0 Å². The first-order chi connectivity index (χ1) is 14.0. The van der Waals surface area contributed by atoms with Gasteiger partial charge in [-0.15, -0.1) is 0 Å². The summed E-state index contributed by atoms with van der Waals surface area (Å²) in [4.78, 5) is 29.9. The summed E-state index contributed by atoms with van der Waals surface area (Å²) in [5.41, 5.74) is 5.00. The Balaban J connectivity index is -0.000000563. The predicted octanol–water partition coefficient (Wildman–Crippen LogP) is 2.40. The van der Waals surface area contributed by atoms with Gasteiger partial charge < -0.3 is 20.7 Å². The smallest absolute Gasteiger partial charge is 0.542 e. The minimum atomic E-state index is -1.17. The van der Waals surface area contributed by atoms with Crippen molar-refractivity contribution in [1.29, 1.82) is 0 Å². The van der Waals surface area contributed by atoms with Crippen LogP contribution < -0.4 is 57.1 Å². The Bertz CT molecular complexity index is 430. The fourth-order valence-electron chi connectivity index (χ4n) is 2.67. The van der Waals surface area contributed by atoms with E-state index in [-0.39, 0.29) is 64.2 Å². The van der Waals surface area contributed by atoms with Gasteiger partial charge in [-0.25, -0.2) is 0 Å². The van der Waals surface area contributed by atoms with E-state index in [0.29, 0.717) is 6.42 Å². The number of hydrogen-bond acceptors (Lipinski definition) is 4. The summed E-state index contributed by atoms with van der Waals surface area (Å²) in [5.74, 6) is -2.20. The second kappa shape index (κ2) is 28.9. The van der Waals surface area contributed by atoms with Crippen LogP contribution in [0.4, 0.5) is 0 Å². The maximum absolute atomic E-state index is 10.0. The number of carboxylic acid groups (broad SMARTS) is 2. The van der Waals surface area contributed by atoms with Gasteiger partial charge in [-0.3, -0.25) is 15.9 Å². The molecule has 0 amide bonds. The topological polar surface area (TPSA) is 118 Å². The van der Waals surface area contributed by atoms with Gasteiger partial charge in [-0.1, -0.05) is 76.9 Å². The molecule has 30 heavy (non-hydrogen) atoms. The summed E-state index contributed by atoms with van der Waals surface area (Å²) < 4.78 is 0. The molecular weight excluding hydrogens is 409 g/mol. The van der Waals surface area contributed by atoms with E-state index < -0.39 is 18.0 Å². The van der Waals surface area contributed by atoms with Crippen LogP contribution in [0, 0.1) is 0 Å². The van der Waals surface area contributed by atoms with E-state index in [1.807, 2.05) is 6.29 Å². The second-order valence-electron chi connectivity index (χ2n) is 7.36. The summed E-state index contributed by atoms with van der Waals surface area (Å²) in [6.07, 6.45) is 24.0. The molecule has 4 N–H and O–H groups in total. The average molecular weight is 452 g/mol. The number of aliphatic carboxylic acids is 2. The molecule has 0 aromatic rings. The Hall–Kier alpha value is -0.0536. The first kappa shape index (κ1) is 34.6. The molecule has 6 nitrogen and oxygen atoms in total. The van der Waals surface area contributed by atoms with Gasteiger partial charge in [-0.05, 0) is 32.1 Å². The number of hydrogen-bond donors (Lipinski definition) is 3. The zero-order valence-electron chi connectivity index (χ0n) is 19.2.